The van der Waals surface area contributed by atoms with E-state index in [4.69, 9.17) is 9.72 Å². The Kier molecular flexibility index (Phi) is 5.66. The normalized spacial score (nSPS) is 14.0. The summed E-state index contributed by atoms with van der Waals surface area (Å²) in [5.41, 5.74) is 6.89. The van der Waals surface area contributed by atoms with Crippen LogP contribution in [0, 0.1) is 6.92 Å². The van der Waals surface area contributed by atoms with E-state index in [1.807, 2.05) is 30.5 Å². The minimum Gasteiger partial charge on any atom is -0.492 e. The fraction of sp³-hybridized carbons (Fsp3) is 0.280. The van der Waals surface area contributed by atoms with Crippen LogP contribution in [0.4, 0.5) is 0 Å². The molecule has 0 saturated heterocycles. The predicted octanol–water partition coefficient (Wildman–Crippen LogP) is 4.97. The van der Waals surface area contributed by atoms with Gasteiger partial charge in [0.1, 0.15) is 18.1 Å². The summed E-state index contributed by atoms with van der Waals surface area (Å²) in [7, 11) is 0. The lowest BCUT2D eigenvalue weighted by atomic mass is 10.0. The summed E-state index contributed by atoms with van der Waals surface area (Å²) >= 11 is 1.64. The van der Waals surface area contributed by atoms with Crippen LogP contribution in [0.2, 0.25) is 0 Å². The summed E-state index contributed by atoms with van der Waals surface area (Å²) < 4.78 is 8.35. The molecular weight excluding hydrogens is 404 g/mol. The van der Waals surface area contributed by atoms with Gasteiger partial charge in [0.05, 0.1) is 11.0 Å². The topological polar surface area (TPSA) is 43.2 Å². The van der Waals surface area contributed by atoms with E-state index in [1.165, 1.54) is 11.1 Å². The predicted molar refractivity (Wildman–Crippen MR) is 128 cm³/mol. The Morgan fingerprint density at radius 2 is 1.84 bits per heavy atom. The quantitative estimate of drug-likeness (QED) is 0.432. The van der Waals surface area contributed by atoms with E-state index >= 15 is 0 Å². The maximum atomic E-state index is 6.21. The van der Waals surface area contributed by atoms with Gasteiger partial charge < -0.3 is 4.74 Å². The van der Waals surface area contributed by atoms with Gasteiger partial charge >= 0.3 is 0 Å². The van der Waals surface area contributed by atoms with Crippen LogP contribution in [0.15, 0.2) is 60.8 Å². The van der Waals surface area contributed by atoms with Crippen molar-refractivity contribution in [2.75, 3.05) is 26.0 Å². The number of hydrogen-bond donors (Lipinski definition) is 0. The van der Waals surface area contributed by atoms with Crippen LogP contribution >= 0.6 is 11.9 Å². The molecule has 0 fully saturated rings. The second kappa shape index (κ2) is 8.73. The number of benzene rings is 2. The molecule has 3 heterocycles. The van der Waals surface area contributed by atoms with Gasteiger partial charge in [-0.15, -0.1) is 0 Å². The van der Waals surface area contributed by atoms with Gasteiger partial charge in [0.2, 0.25) is 0 Å². The molecule has 1 aliphatic rings. The van der Waals surface area contributed by atoms with E-state index in [0.29, 0.717) is 6.61 Å². The fourth-order valence-corrected chi connectivity index (χ4v) is 4.92. The Labute approximate surface area is 187 Å². The first kappa shape index (κ1) is 20.1. The number of ether oxygens (including phenoxy) is 1. The lowest BCUT2D eigenvalue weighted by molar-refractivity contribution is 0.196. The van der Waals surface area contributed by atoms with E-state index in [1.54, 1.807) is 11.9 Å². The molecule has 2 aromatic carbocycles. The van der Waals surface area contributed by atoms with Gasteiger partial charge in [-0.1, -0.05) is 36.4 Å². The number of para-hydroxylation sites is 2. The van der Waals surface area contributed by atoms with Crippen molar-refractivity contribution in [3.8, 4) is 17.3 Å². The Hall–Kier alpha value is -2.83. The number of rotatable bonds is 6. The summed E-state index contributed by atoms with van der Waals surface area (Å²) in [5, 5.41) is 0. The highest BCUT2D eigenvalue weighted by Gasteiger charge is 2.18. The number of hydrogen-bond acceptors (Lipinski definition) is 5. The van der Waals surface area contributed by atoms with Crippen LogP contribution in [0.25, 0.3) is 22.6 Å². The van der Waals surface area contributed by atoms with Gasteiger partial charge in [-0.25, -0.2) is 4.98 Å². The SMILES string of the molecule is CSn1c(-c2nccc(OCCN3CCc4ccccc4C3)c2C)nc2ccccc21. The zero-order valence-corrected chi connectivity index (χ0v) is 18.7. The lowest BCUT2D eigenvalue weighted by Crippen LogP contribution is -2.33. The van der Waals surface area contributed by atoms with Crippen molar-refractivity contribution in [3.05, 3.63) is 77.5 Å². The lowest BCUT2D eigenvalue weighted by Gasteiger charge is -2.28. The van der Waals surface area contributed by atoms with Crippen molar-refractivity contribution in [3.63, 3.8) is 0 Å². The van der Waals surface area contributed by atoms with Crippen LogP contribution in [0.5, 0.6) is 5.75 Å². The van der Waals surface area contributed by atoms with E-state index in [-0.39, 0.29) is 0 Å². The van der Waals surface area contributed by atoms with E-state index in [0.717, 1.165) is 59.9 Å². The van der Waals surface area contributed by atoms with Crippen LogP contribution in [-0.2, 0) is 13.0 Å². The van der Waals surface area contributed by atoms with Crippen LogP contribution < -0.4 is 4.74 Å². The minimum absolute atomic E-state index is 0.658. The van der Waals surface area contributed by atoms with Crippen LogP contribution in [0.1, 0.15) is 16.7 Å². The van der Waals surface area contributed by atoms with E-state index < -0.39 is 0 Å². The van der Waals surface area contributed by atoms with Crippen molar-refractivity contribution in [2.45, 2.75) is 19.9 Å². The number of aromatic nitrogens is 3. The molecule has 1 aliphatic heterocycles. The number of fused-ring (bicyclic) bond motifs is 2. The van der Waals surface area contributed by atoms with Crippen molar-refractivity contribution in [1.82, 2.24) is 18.8 Å². The first-order valence-electron chi connectivity index (χ1n) is 10.6. The molecule has 6 heteroatoms. The second-order valence-electron chi connectivity index (χ2n) is 7.83. The molecule has 4 aromatic rings. The average Bonchev–Trinajstić information content (AvgIpc) is 3.18. The number of nitrogens with zero attached hydrogens (tertiary/aromatic N) is 4. The van der Waals surface area contributed by atoms with Crippen LogP contribution in [0.3, 0.4) is 0 Å². The Balaban J connectivity index is 1.32. The smallest absolute Gasteiger partial charge is 0.170 e. The molecule has 31 heavy (non-hydrogen) atoms. The zero-order valence-electron chi connectivity index (χ0n) is 17.9. The zero-order chi connectivity index (χ0) is 21.2. The third-order valence-electron chi connectivity index (χ3n) is 5.94. The van der Waals surface area contributed by atoms with Gasteiger partial charge in [-0.3, -0.25) is 13.9 Å². The standard InChI is InChI=1S/C25H26N4OS/c1-18-23(30-16-15-28-14-12-19-7-3-4-8-20(19)17-28)11-13-26-24(18)25-27-21-9-5-6-10-22(21)29(25)31-2/h3-11,13H,12,14-17H2,1-2H3. The molecule has 2 aromatic heterocycles. The molecule has 0 spiro atoms. The van der Waals surface area contributed by atoms with Crippen molar-refractivity contribution in [1.29, 1.82) is 0 Å². The number of pyridine rings is 1. The highest BCUT2D eigenvalue weighted by Crippen LogP contribution is 2.32. The van der Waals surface area contributed by atoms with Gasteiger partial charge in [0.25, 0.3) is 0 Å². The number of imidazole rings is 1. The van der Waals surface area contributed by atoms with Gasteiger partial charge in [0, 0.05) is 37.7 Å². The third kappa shape index (κ3) is 3.93. The molecule has 0 atom stereocenters. The van der Waals surface area contributed by atoms with Gasteiger partial charge in [-0.05, 0) is 54.6 Å². The minimum atomic E-state index is 0.658. The Morgan fingerprint density at radius 3 is 2.71 bits per heavy atom. The summed E-state index contributed by atoms with van der Waals surface area (Å²) in [6.07, 6.45) is 4.99. The third-order valence-corrected chi connectivity index (χ3v) is 6.68. The summed E-state index contributed by atoms with van der Waals surface area (Å²) in [6.45, 7) is 5.72. The maximum Gasteiger partial charge on any atom is 0.170 e. The van der Waals surface area contributed by atoms with Gasteiger partial charge in [0.15, 0.2) is 5.82 Å². The highest BCUT2D eigenvalue weighted by molar-refractivity contribution is 7.97. The van der Waals surface area contributed by atoms with Crippen molar-refractivity contribution < 1.29 is 4.74 Å². The second-order valence-corrected chi connectivity index (χ2v) is 8.56. The van der Waals surface area contributed by atoms with E-state index in [9.17, 15) is 0 Å². The Morgan fingerprint density at radius 1 is 1.03 bits per heavy atom. The van der Waals surface area contributed by atoms with E-state index in [2.05, 4.69) is 57.4 Å². The molecule has 158 valence electrons. The molecule has 0 saturated carbocycles. The van der Waals surface area contributed by atoms with Crippen molar-refractivity contribution >= 4 is 23.0 Å². The Bertz CT molecular complexity index is 1220. The molecule has 0 amide bonds. The fourth-order valence-electron chi connectivity index (χ4n) is 4.27. The molecule has 5 nitrogen and oxygen atoms in total. The summed E-state index contributed by atoms with van der Waals surface area (Å²) in [6, 6.07) is 18.9. The molecule has 0 bridgehead atoms. The van der Waals surface area contributed by atoms with Crippen LogP contribution in [-0.4, -0.2) is 44.8 Å². The summed E-state index contributed by atoms with van der Waals surface area (Å²) in [4.78, 5) is 12.0. The average molecular weight is 431 g/mol. The largest absolute Gasteiger partial charge is 0.492 e. The molecule has 0 radical (unpaired) electrons. The van der Waals surface area contributed by atoms with Gasteiger partial charge in [-0.2, -0.15) is 0 Å². The molecule has 0 unspecified atom stereocenters. The molecule has 5 rings (SSSR count). The molecule has 0 N–H and O–H groups in total. The monoisotopic (exact) mass is 430 g/mol. The summed E-state index contributed by atoms with van der Waals surface area (Å²) in [5.74, 6) is 1.74. The first-order valence-corrected chi connectivity index (χ1v) is 11.8. The molecular formula is C25H26N4OS. The van der Waals surface area contributed by atoms with Crippen molar-refractivity contribution in [2.24, 2.45) is 0 Å². The first-order chi connectivity index (χ1) is 15.2. The maximum absolute atomic E-state index is 6.21. The molecule has 0 aliphatic carbocycles. The highest BCUT2D eigenvalue weighted by atomic mass is 32.2.